The SMILES string of the molecule is Cc1c(-c2ccccc2)c(-c2cccc(Cl)c2F)nn1C[C@H]1CC[C@@H](COCC(=O)O)CC1. The predicted molar refractivity (Wildman–Crippen MR) is 127 cm³/mol. The first kappa shape index (κ1) is 23.5. The summed E-state index contributed by atoms with van der Waals surface area (Å²) in [5.74, 6) is -0.530. The number of hydrogen-bond donors (Lipinski definition) is 1. The highest BCUT2D eigenvalue weighted by Crippen LogP contribution is 2.38. The topological polar surface area (TPSA) is 64.4 Å². The first-order chi connectivity index (χ1) is 15.9. The minimum atomic E-state index is -0.931. The molecule has 174 valence electrons. The zero-order chi connectivity index (χ0) is 23.4. The van der Waals surface area contributed by atoms with E-state index in [0.717, 1.165) is 49.0 Å². The molecule has 0 atom stereocenters. The molecule has 1 aromatic heterocycles. The number of carbonyl (C=O) groups is 1. The van der Waals surface area contributed by atoms with Gasteiger partial charge < -0.3 is 9.84 Å². The average Bonchev–Trinajstić information content (AvgIpc) is 3.13. The summed E-state index contributed by atoms with van der Waals surface area (Å²) < 4.78 is 22.2. The normalized spacial score (nSPS) is 18.4. The third-order valence-corrected chi connectivity index (χ3v) is 6.74. The molecule has 7 heteroatoms. The Labute approximate surface area is 198 Å². The van der Waals surface area contributed by atoms with Gasteiger partial charge >= 0.3 is 5.97 Å². The number of benzene rings is 2. The summed E-state index contributed by atoms with van der Waals surface area (Å²) >= 11 is 6.08. The van der Waals surface area contributed by atoms with Gasteiger partial charge in [0.05, 0.1) is 11.6 Å². The minimum Gasteiger partial charge on any atom is -0.480 e. The fraction of sp³-hybridized carbons (Fsp3) is 0.385. The molecular weight excluding hydrogens is 443 g/mol. The van der Waals surface area contributed by atoms with Gasteiger partial charge in [0.1, 0.15) is 12.3 Å². The molecule has 1 aliphatic rings. The average molecular weight is 471 g/mol. The summed E-state index contributed by atoms with van der Waals surface area (Å²) in [5.41, 5.74) is 3.93. The molecule has 0 unspecified atom stereocenters. The van der Waals surface area contributed by atoms with Crippen LogP contribution in [0.4, 0.5) is 4.39 Å². The van der Waals surface area contributed by atoms with Gasteiger partial charge in [0.2, 0.25) is 0 Å². The van der Waals surface area contributed by atoms with E-state index < -0.39 is 11.8 Å². The number of carboxylic acids is 1. The van der Waals surface area contributed by atoms with Gasteiger partial charge in [-0.2, -0.15) is 5.10 Å². The molecule has 4 rings (SSSR count). The molecule has 33 heavy (non-hydrogen) atoms. The fourth-order valence-electron chi connectivity index (χ4n) is 4.69. The van der Waals surface area contributed by atoms with E-state index >= 15 is 0 Å². The van der Waals surface area contributed by atoms with E-state index in [4.69, 9.17) is 26.5 Å². The lowest BCUT2D eigenvalue weighted by atomic mass is 9.82. The Balaban J connectivity index is 1.56. The molecule has 0 amide bonds. The monoisotopic (exact) mass is 470 g/mol. The number of aliphatic carboxylic acids is 1. The van der Waals surface area contributed by atoms with Crippen LogP contribution in [0.1, 0.15) is 31.4 Å². The first-order valence-corrected chi connectivity index (χ1v) is 11.7. The maximum absolute atomic E-state index is 14.9. The number of rotatable bonds is 8. The molecule has 0 radical (unpaired) electrons. The van der Waals surface area contributed by atoms with Gasteiger partial charge in [0, 0.05) is 23.4 Å². The molecule has 3 aromatic rings. The molecule has 1 heterocycles. The number of ether oxygens (including phenoxy) is 1. The van der Waals surface area contributed by atoms with Crippen molar-refractivity contribution in [3.8, 4) is 22.4 Å². The van der Waals surface area contributed by atoms with Crippen molar-refractivity contribution in [2.45, 2.75) is 39.2 Å². The molecule has 0 saturated heterocycles. The van der Waals surface area contributed by atoms with E-state index in [9.17, 15) is 9.18 Å². The highest BCUT2D eigenvalue weighted by molar-refractivity contribution is 6.31. The maximum atomic E-state index is 14.9. The van der Waals surface area contributed by atoms with Gasteiger partial charge in [-0.05, 0) is 62.1 Å². The van der Waals surface area contributed by atoms with E-state index in [-0.39, 0.29) is 11.6 Å². The van der Waals surface area contributed by atoms with Crippen LogP contribution in [0, 0.1) is 24.6 Å². The third-order valence-electron chi connectivity index (χ3n) is 6.45. The largest absolute Gasteiger partial charge is 0.480 e. The molecule has 0 bridgehead atoms. The zero-order valence-electron chi connectivity index (χ0n) is 18.6. The molecule has 0 spiro atoms. The maximum Gasteiger partial charge on any atom is 0.329 e. The second-order valence-corrected chi connectivity index (χ2v) is 9.16. The Bertz CT molecular complexity index is 1110. The summed E-state index contributed by atoms with van der Waals surface area (Å²) in [4.78, 5) is 10.6. The highest BCUT2D eigenvalue weighted by atomic mass is 35.5. The van der Waals surface area contributed by atoms with Crippen LogP contribution in [0.2, 0.25) is 5.02 Å². The molecular formula is C26H28ClFN2O3. The predicted octanol–water partition coefficient (Wildman–Crippen LogP) is 6.23. The second-order valence-electron chi connectivity index (χ2n) is 8.75. The minimum absolute atomic E-state index is 0.0853. The molecule has 1 aliphatic carbocycles. The van der Waals surface area contributed by atoms with Crippen molar-refractivity contribution in [2.24, 2.45) is 11.8 Å². The van der Waals surface area contributed by atoms with E-state index in [1.165, 1.54) is 0 Å². The van der Waals surface area contributed by atoms with Crippen molar-refractivity contribution in [3.05, 3.63) is 65.1 Å². The van der Waals surface area contributed by atoms with Crippen LogP contribution in [0.15, 0.2) is 48.5 Å². The van der Waals surface area contributed by atoms with Gasteiger partial charge in [-0.15, -0.1) is 0 Å². The third kappa shape index (κ3) is 5.45. The van der Waals surface area contributed by atoms with Crippen LogP contribution in [0.25, 0.3) is 22.4 Å². The van der Waals surface area contributed by atoms with Crippen molar-refractivity contribution in [2.75, 3.05) is 13.2 Å². The standard InChI is InChI=1S/C26H28ClFN2O3/c1-17-24(20-6-3-2-4-7-20)26(21-8-5-9-22(27)25(21)28)29-30(17)14-18-10-12-19(13-11-18)15-33-16-23(31)32/h2-9,18-19H,10-16H2,1H3,(H,31,32)/t18-,19+. The zero-order valence-corrected chi connectivity index (χ0v) is 19.4. The van der Waals surface area contributed by atoms with E-state index in [1.807, 2.05) is 41.9 Å². The molecule has 1 fully saturated rings. The van der Waals surface area contributed by atoms with Gasteiger partial charge in [-0.1, -0.05) is 48.0 Å². The van der Waals surface area contributed by atoms with E-state index in [1.54, 1.807) is 18.2 Å². The molecule has 5 nitrogen and oxygen atoms in total. The number of carboxylic acid groups (broad SMARTS) is 1. The van der Waals surface area contributed by atoms with Gasteiger partial charge in [-0.25, -0.2) is 9.18 Å². The van der Waals surface area contributed by atoms with E-state index in [2.05, 4.69) is 0 Å². The first-order valence-electron chi connectivity index (χ1n) is 11.3. The van der Waals surface area contributed by atoms with Crippen molar-refractivity contribution in [1.29, 1.82) is 0 Å². The van der Waals surface area contributed by atoms with Gasteiger partial charge in [0.25, 0.3) is 0 Å². The summed E-state index contributed by atoms with van der Waals surface area (Å²) in [5, 5.41) is 13.7. The summed E-state index contributed by atoms with van der Waals surface area (Å²) in [7, 11) is 0. The summed E-state index contributed by atoms with van der Waals surface area (Å²) in [6.07, 6.45) is 4.07. The quantitative estimate of drug-likeness (QED) is 0.424. The van der Waals surface area contributed by atoms with Crippen LogP contribution in [-0.2, 0) is 16.1 Å². The lowest BCUT2D eigenvalue weighted by molar-refractivity contribution is -0.142. The summed E-state index contributed by atoms with van der Waals surface area (Å²) in [6.45, 7) is 3.05. The Hall–Kier alpha value is -2.70. The van der Waals surface area contributed by atoms with Crippen LogP contribution >= 0.6 is 11.6 Å². The van der Waals surface area contributed by atoms with Crippen LogP contribution in [0.5, 0.6) is 0 Å². The van der Waals surface area contributed by atoms with Crippen LogP contribution in [0.3, 0.4) is 0 Å². The fourth-order valence-corrected chi connectivity index (χ4v) is 4.86. The van der Waals surface area contributed by atoms with Crippen LogP contribution in [-0.4, -0.2) is 34.1 Å². The number of halogens is 2. The molecule has 2 aromatic carbocycles. The smallest absolute Gasteiger partial charge is 0.329 e. The number of nitrogens with zero attached hydrogens (tertiary/aromatic N) is 2. The van der Waals surface area contributed by atoms with Gasteiger partial charge in [-0.3, -0.25) is 4.68 Å². The summed E-state index contributed by atoms with van der Waals surface area (Å²) in [6, 6.07) is 15.0. The number of hydrogen-bond acceptors (Lipinski definition) is 3. The molecule has 0 aliphatic heterocycles. The van der Waals surface area contributed by atoms with Crippen molar-refractivity contribution in [3.63, 3.8) is 0 Å². The lowest BCUT2D eigenvalue weighted by Gasteiger charge is -2.28. The Morgan fingerprint density at radius 1 is 1.12 bits per heavy atom. The van der Waals surface area contributed by atoms with Crippen molar-refractivity contribution in [1.82, 2.24) is 9.78 Å². The lowest BCUT2D eigenvalue weighted by Crippen LogP contribution is -2.23. The Kier molecular flexibility index (Phi) is 7.46. The molecule has 1 N–H and O–H groups in total. The van der Waals surface area contributed by atoms with Crippen molar-refractivity contribution < 1.29 is 19.0 Å². The Morgan fingerprint density at radius 3 is 2.52 bits per heavy atom. The van der Waals surface area contributed by atoms with Gasteiger partial charge in [0.15, 0.2) is 5.82 Å². The van der Waals surface area contributed by atoms with Crippen LogP contribution < -0.4 is 0 Å². The second kappa shape index (κ2) is 10.5. The van der Waals surface area contributed by atoms with Crippen molar-refractivity contribution >= 4 is 17.6 Å². The number of aromatic nitrogens is 2. The van der Waals surface area contributed by atoms with E-state index in [0.29, 0.717) is 29.7 Å². The Morgan fingerprint density at radius 2 is 1.82 bits per heavy atom. The highest BCUT2D eigenvalue weighted by Gasteiger charge is 2.25. The molecule has 1 saturated carbocycles.